The van der Waals surface area contributed by atoms with Crippen LogP contribution in [0.25, 0.3) is 0 Å². The molecule has 0 radical (unpaired) electrons. The average Bonchev–Trinajstić information content (AvgIpc) is 2.22. The SMILES string of the molecule is CC(CC(F)(F)F)NCc1cc(F)cc(C(F)(F)F)c1. The maximum atomic E-state index is 13.0. The van der Waals surface area contributed by atoms with E-state index in [0.29, 0.717) is 12.1 Å². The minimum absolute atomic E-state index is 0.0636. The van der Waals surface area contributed by atoms with Crippen LogP contribution in [0.5, 0.6) is 0 Å². The van der Waals surface area contributed by atoms with E-state index in [9.17, 15) is 30.7 Å². The van der Waals surface area contributed by atoms with Gasteiger partial charge in [-0.3, -0.25) is 0 Å². The molecule has 1 nitrogen and oxygen atoms in total. The van der Waals surface area contributed by atoms with Crippen molar-refractivity contribution in [3.8, 4) is 0 Å². The van der Waals surface area contributed by atoms with Gasteiger partial charge in [-0.15, -0.1) is 0 Å². The van der Waals surface area contributed by atoms with Gasteiger partial charge in [-0.25, -0.2) is 4.39 Å². The van der Waals surface area contributed by atoms with Gasteiger partial charge in [-0.1, -0.05) is 0 Å². The first-order valence-corrected chi connectivity index (χ1v) is 5.64. The molecule has 1 aromatic carbocycles. The Morgan fingerprint density at radius 3 is 2.15 bits per heavy atom. The Kier molecular flexibility index (Phi) is 5.01. The van der Waals surface area contributed by atoms with Crippen LogP contribution in [-0.2, 0) is 12.7 Å². The highest BCUT2D eigenvalue weighted by Gasteiger charge is 2.32. The molecule has 0 amide bonds. The van der Waals surface area contributed by atoms with Crippen LogP contribution < -0.4 is 5.32 Å². The van der Waals surface area contributed by atoms with Crippen LogP contribution in [0.4, 0.5) is 30.7 Å². The lowest BCUT2D eigenvalue weighted by Crippen LogP contribution is -2.30. The Morgan fingerprint density at radius 2 is 1.65 bits per heavy atom. The molecule has 0 bridgehead atoms. The van der Waals surface area contributed by atoms with Crippen molar-refractivity contribution in [1.82, 2.24) is 5.32 Å². The summed E-state index contributed by atoms with van der Waals surface area (Å²) in [5.41, 5.74) is -1.23. The third-order valence-corrected chi connectivity index (χ3v) is 2.48. The maximum Gasteiger partial charge on any atom is 0.416 e. The van der Waals surface area contributed by atoms with Crippen molar-refractivity contribution in [2.24, 2.45) is 0 Å². The molecule has 1 unspecified atom stereocenters. The van der Waals surface area contributed by atoms with Gasteiger partial charge in [0.2, 0.25) is 0 Å². The number of benzene rings is 1. The normalized spacial score (nSPS) is 14.4. The first-order valence-electron chi connectivity index (χ1n) is 5.64. The summed E-state index contributed by atoms with van der Waals surface area (Å²) in [6.45, 7) is 0.968. The Morgan fingerprint density at radius 1 is 1.05 bits per heavy atom. The topological polar surface area (TPSA) is 12.0 Å². The predicted molar refractivity (Wildman–Crippen MR) is 58.4 cm³/mol. The molecule has 114 valence electrons. The second-order valence-corrected chi connectivity index (χ2v) is 4.45. The number of rotatable bonds is 4. The largest absolute Gasteiger partial charge is 0.416 e. The highest BCUT2D eigenvalue weighted by atomic mass is 19.4. The van der Waals surface area contributed by atoms with E-state index >= 15 is 0 Å². The van der Waals surface area contributed by atoms with Gasteiger partial charge in [0.25, 0.3) is 0 Å². The van der Waals surface area contributed by atoms with Crippen molar-refractivity contribution in [1.29, 1.82) is 0 Å². The van der Waals surface area contributed by atoms with Crippen LogP contribution in [0, 0.1) is 5.82 Å². The lowest BCUT2D eigenvalue weighted by molar-refractivity contribution is -0.139. The molecular formula is C12H12F7N. The minimum Gasteiger partial charge on any atom is -0.310 e. The van der Waals surface area contributed by atoms with Crippen LogP contribution >= 0.6 is 0 Å². The molecule has 1 rings (SSSR count). The van der Waals surface area contributed by atoms with E-state index in [2.05, 4.69) is 5.32 Å². The van der Waals surface area contributed by atoms with Crippen LogP contribution in [0.2, 0.25) is 0 Å². The van der Waals surface area contributed by atoms with Crippen molar-refractivity contribution < 1.29 is 30.7 Å². The lowest BCUT2D eigenvalue weighted by atomic mass is 10.1. The minimum atomic E-state index is -4.70. The van der Waals surface area contributed by atoms with E-state index in [4.69, 9.17) is 0 Å². The quantitative estimate of drug-likeness (QED) is 0.819. The third-order valence-electron chi connectivity index (χ3n) is 2.48. The molecule has 8 heteroatoms. The summed E-state index contributed by atoms with van der Waals surface area (Å²) in [6, 6.07) is 0.911. The zero-order valence-electron chi connectivity index (χ0n) is 10.4. The van der Waals surface area contributed by atoms with E-state index in [0.717, 1.165) is 6.07 Å². The molecule has 1 N–H and O–H groups in total. The van der Waals surface area contributed by atoms with Crippen molar-refractivity contribution in [3.63, 3.8) is 0 Å². The van der Waals surface area contributed by atoms with E-state index in [1.165, 1.54) is 6.92 Å². The first-order chi connectivity index (χ1) is 8.97. The monoisotopic (exact) mass is 303 g/mol. The smallest absolute Gasteiger partial charge is 0.310 e. The van der Waals surface area contributed by atoms with Gasteiger partial charge in [-0.2, -0.15) is 26.3 Å². The van der Waals surface area contributed by atoms with Crippen LogP contribution in [0.1, 0.15) is 24.5 Å². The summed E-state index contributed by atoms with van der Waals surface area (Å²) in [5.74, 6) is -1.08. The molecule has 1 atom stereocenters. The number of alkyl halides is 6. The molecule has 0 aliphatic heterocycles. The van der Waals surface area contributed by atoms with Gasteiger partial charge in [0.05, 0.1) is 12.0 Å². The average molecular weight is 303 g/mol. The van der Waals surface area contributed by atoms with E-state index < -0.39 is 36.2 Å². The fourth-order valence-corrected chi connectivity index (χ4v) is 1.63. The second kappa shape index (κ2) is 5.99. The van der Waals surface area contributed by atoms with Crippen molar-refractivity contribution >= 4 is 0 Å². The molecule has 0 aliphatic rings. The molecule has 0 heterocycles. The van der Waals surface area contributed by atoms with Gasteiger partial charge in [0, 0.05) is 12.6 Å². The molecule has 0 spiro atoms. The highest BCUT2D eigenvalue weighted by molar-refractivity contribution is 5.26. The van der Waals surface area contributed by atoms with Gasteiger partial charge in [0.15, 0.2) is 0 Å². The number of halogens is 7. The third kappa shape index (κ3) is 5.77. The van der Waals surface area contributed by atoms with Gasteiger partial charge < -0.3 is 5.32 Å². The molecule has 20 heavy (non-hydrogen) atoms. The summed E-state index contributed by atoms with van der Waals surface area (Å²) in [4.78, 5) is 0. The lowest BCUT2D eigenvalue weighted by Gasteiger charge is -2.16. The molecule has 0 aromatic heterocycles. The standard InChI is InChI=1S/C12H12F7N/c1-7(5-11(14,15)16)20-6-8-2-9(12(17,18)19)4-10(13)3-8/h2-4,7,20H,5-6H2,1H3. The van der Waals surface area contributed by atoms with Gasteiger partial charge in [-0.05, 0) is 30.7 Å². The van der Waals surface area contributed by atoms with E-state index in [1.807, 2.05) is 0 Å². The number of nitrogens with one attached hydrogen (secondary N) is 1. The van der Waals surface area contributed by atoms with Crippen molar-refractivity contribution in [2.45, 2.75) is 38.3 Å². The molecule has 0 saturated heterocycles. The van der Waals surface area contributed by atoms with Gasteiger partial charge >= 0.3 is 12.4 Å². The van der Waals surface area contributed by atoms with Crippen LogP contribution in [0.15, 0.2) is 18.2 Å². The zero-order valence-corrected chi connectivity index (χ0v) is 10.4. The Hall–Kier alpha value is -1.31. The Bertz CT molecular complexity index is 450. The van der Waals surface area contributed by atoms with E-state index in [1.54, 1.807) is 0 Å². The maximum absolute atomic E-state index is 13.0. The molecule has 1 aromatic rings. The van der Waals surface area contributed by atoms with Crippen molar-refractivity contribution in [2.75, 3.05) is 0 Å². The van der Waals surface area contributed by atoms with Crippen LogP contribution in [0.3, 0.4) is 0 Å². The zero-order chi connectivity index (χ0) is 15.6. The Balaban J connectivity index is 2.71. The summed E-state index contributed by atoms with van der Waals surface area (Å²) in [7, 11) is 0. The molecule has 0 fully saturated rings. The summed E-state index contributed by atoms with van der Waals surface area (Å²) in [5, 5.41) is 2.41. The Labute approximate surface area is 110 Å². The molecular weight excluding hydrogens is 291 g/mol. The van der Waals surface area contributed by atoms with Crippen LogP contribution in [-0.4, -0.2) is 12.2 Å². The molecule has 0 saturated carbocycles. The van der Waals surface area contributed by atoms with Crippen molar-refractivity contribution in [3.05, 3.63) is 35.1 Å². The summed E-state index contributed by atoms with van der Waals surface area (Å²) < 4.78 is 86.5. The first kappa shape index (κ1) is 16.7. The fraction of sp³-hybridized carbons (Fsp3) is 0.500. The fourth-order valence-electron chi connectivity index (χ4n) is 1.63. The van der Waals surface area contributed by atoms with Gasteiger partial charge in [0.1, 0.15) is 5.82 Å². The predicted octanol–water partition coefficient (Wildman–Crippen LogP) is 4.28. The summed E-state index contributed by atoms with van der Waals surface area (Å²) >= 11 is 0. The van der Waals surface area contributed by atoms with E-state index in [-0.39, 0.29) is 12.1 Å². The highest BCUT2D eigenvalue weighted by Crippen LogP contribution is 2.30. The summed E-state index contributed by atoms with van der Waals surface area (Å²) in [6.07, 6.45) is -10.2. The second-order valence-electron chi connectivity index (χ2n) is 4.45. The molecule has 0 aliphatic carbocycles. The number of hydrogen-bond acceptors (Lipinski definition) is 1. The number of hydrogen-bond donors (Lipinski definition) is 1.